The van der Waals surface area contributed by atoms with Gasteiger partial charge in [-0.05, 0) is 5.56 Å². The molecule has 1 aromatic carbocycles. The lowest BCUT2D eigenvalue weighted by Crippen LogP contribution is -2.06. The van der Waals surface area contributed by atoms with Crippen LogP contribution < -0.4 is 5.32 Å². The minimum atomic E-state index is -0.680. The Kier molecular flexibility index (Phi) is 4.24. The molecule has 0 fully saturated rings. The Morgan fingerprint density at radius 1 is 1.10 bits per heavy atom. The van der Waals surface area contributed by atoms with Gasteiger partial charge in [0, 0.05) is 18.7 Å². The molecular weight excluding hydrogens is 302 g/mol. The second-order valence-corrected chi connectivity index (χ2v) is 4.25. The van der Waals surface area contributed by atoms with Gasteiger partial charge in [0.1, 0.15) is 6.33 Å². The standard InChI is InChI=1S/C11H8ClN5O4/c12-10-9(17(20)21)11(15-6-14-10)13-5-7-1-3-8(4-2-7)16(18)19/h1-4,6H,5H2,(H,13,14,15). The van der Waals surface area contributed by atoms with Gasteiger partial charge in [-0.1, -0.05) is 23.7 Å². The summed E-state index contributed by atoms with van der Waals surface area (Å²) in [6, 6.07) is 5.77. The van der Waals surface area contributed by atoms with Crippen molar-refractivity contribution in [1.29, 1.82) is 0 Å². The van der Waals surface area contributed by atoms with Crippen molar-refractivity contribution in [3.63, 3.8) is 0 Å². The maximum Gasteiger partial charge on any atom is 0.348 e. The summed E-state index contributed by atoms with van der Waals surface area (Å²) in [5.41, 5.74) is 0.250. The Morgan fingerprint density at radius 2 is 1.76 bits per heavy atom. The van der Waals surface area contributed by atoms with Gasteiger partial charge in [0.2, 0.25) is 11.0 Å². The Hall–Kier alpha value is -2.81. The molecule has 0 saturated carbocycles. The highest BCUT2D eigenvalue weighted by molar-refractivity contribution is 6.31. The van der Waals surface area contributed by atoms with Gasteiger partial charge in [-0.3, -0.25) is 20.2 Å². The van der Waals surface area contributed by atoms with Crippen molar-refractivity contribution in [2.75, 3.05) is 5.32 Å². The number of halogens is 1. The highest BCUT2D eigenvalue weighted by atomic mass is 35.5. The van der Waals surface area contributed by atoms with E-state index < -0.39 is 15.5 Å². The third-order valence-electron chi connectivity index (χ3n) is 2.57. The molecule has 9 nitrogen and oxygen atoms in total. The first-order valence-corrected chi connectivity index (χ1v) is 5.99. The van der Waals surface area contributed by atoms with Crippen molar-refractivity contribution in [3.8, 4) is 0 Å². The number of non-ortho nitro benzene ring substituents is 1. The minimum Gasteiger partial charge on any atom is -0.360 e. The van der Waals surface area contributed by atoms with Crippen LogP contribution in [0.3, 0.4) is 0 Å². The van der Waals surface area contributed by atoms with Crippen molar-refractivity contribution in [2.45, 2.75) is 6.54 Å². The average molecular weight is 310 g/mol. The van der Waals surface area contributed by atoms with Crippen LogP contribution >= 0.6 is 11.6 Å². The number of anilines is 1. The van der Waals surface area contributed by atoms with E-state index in [9.17, 15) is 20.2 Å². The topological polar surface area (TPSA) is 124 Å². The van der Waals surface area contributed by atoms with Crippen LogP contribution in [0.2, 0.25) is 5.15 Å². The van der Waals surface area contributed by atoms with Crippen LogP contribution in [0, 0.1) is 20.2 Å². The lowest BCUT2D eigenvalue weighted by atomic mass is 10.2. The molecule has 0 aliphatic rings. The van der Waals surface area contributed by atoms with E-state index in [4.69, 9.17) is 11.6 Å². The molecule has 0 aliphatic carbocycles. The maximum absolute atomic E-state index is 10.9. The SMILES string of the molecule is O=[N+]([O-])c1ccc(CNc2ncnc(Cl)c2[N+](=O)[O-])cc1. The summed E-state index contributed by atoms with van der Waals surface area (Å²) in [6.45, 7) is 0.201. The van der Waals surface area contributed by atoms with Gasteiger partial charge in [-0.25, -0.2) is 9.97 Å². The number of hydrogen-bond donors (Lipinski definition) is 1. The fraction of sp³-hybridized carbons (Fsp3) is 0.0909. The van der Waals surface area contributed by atoms with E-state index in [1.807, 2.05) is 0 Å². The zero-order chi connectivity index (χ0) is 15.4. The van der Waals surface area contributed by atoms with E-state index >= 15 is 0 Å². The minimum absolute atomic E-state index is 0.0154. The van der Waals surface area contributed by atoms with Gasteiger partial charge < -0.3 is 5.32 Å². The Morgan fingerprint density at radius 3 is 2.33 bits per heavy atom. The predicted octanol–water partition coefficient (Wildman–Crippen LogP) is 2.56. The van der Waals surface area contributed by atoms with Crippen molar-refractivity contribution in [2.24, 2.45) is 0 Å². The monoisotopic (exact) mass is 309 g/mol. The Bertz CT molecular complexity index is 692. The molecule has 2 aromatic rings. The third-order valence-corrected chi connectivity index (χ3v) is 2.84. The smallest absolute Gasteiger partial charge is 0.348 e. The summed E-state index contributed by atoms with van der Waals surface area (Å²) in [5, 5.41) is 23.9. The first kappa shape index (κ1) is 14.6. The zero-order valence-electron chi connectivity index (χ0n) is 10.4. The van der Waals surface area contributed by atoms with Gasteiger partial charge in [-0.15, -0.1) is 0 Å². The molecule has 0 atom stereocenters. The number of benzene rings is 1. The molecule has 0 radical (unpaired) electrons. The third kappa shape index (κ3) is 3.39. The molecule has 0 saturated heterocycles. The van der Waals surface area contributed by atoms with Crippen LogP contribution in [0.4, 0.5) is 17.2 Å². The van der Waals surface area contributed by atoms with E-state index in [0.717, 1.165) is 6.33 Å². The largest absolute Gasteiger partial charge is 0.360 e. The summed E-state index contributed by atoms with van der Waals surface area (Å²) in [4.78, 5) is 27.6. The average Bonchev–Trinajstić information content (AvgIpc) is 2.45. The molecule has 10 heteroatoms. The summed E-state index contributed by atoms with van der Waals surface area (Å²) in [5.74, 6) is -0.0154. The van der Waals surface area contributed by atoms with E-state index in [1.165, 1.54) is 12.1 Å². The van der Waals surface area contributed by atoms with Crippen molar-refractivity contribution >= 4 is 28.8 Å². The lowest BCUT2D eigenvalue weighted by molar-refractivity contribution is -0.384. The van der Waals surface area contributed by atoms with Crippen molar-refractivity contribution < 1.29 is 9.85 Å². The summed E-state index contributed by atoms with van der Waals surface area (Å²) in [7, 11) is 0. The number of nitro benzene ring substituents is 1. The molecular formula is C11H8ClN5O4. The quantitative estimate of drug-likeness (QED) is 0.511. The van der Waals surface area contributed by atoms with Crippen LogP contribution in [0.5, 0.6) is 0 Å². The molecule has 1 aromatic heterocycles. The summed E-state index contributed by atoms with van der Waals surface area (Å²) >= 11 is 5.65. The van der Waals surface area contributed by atoms with E-state index in [0.29, 0.717) is 5.56 Å². The fourth-order valence-corrected chi connectivity index (χ4v) is 1.77. The molecule has 0 unspecified atom stereocenters. The first-order chi connectivity index (χ1) is 9.99. The number of nitrogens with one attached hydrogen (secondary N) is 1. The number of hydrogen-bond acceptors (Lipinski definition) is 7. The van der Waals surface area contributed by atoms with Gasteiger partial charge in [0.25, 0.3) is 5.69 Å². The van der Waals surface area contributed by atoms with Gasteiger partial charge in [0.15, 0.2) is 0 Å². The van der Waals surface area contributed by atoms with Gasteiger partial charge in [-0.2, -0.15) is 0 Å². The molecule has 108 valence electrons. The highest BCUT2D eigenvalue weighted by Crippen LogP contribution is 2.28. The Labute approximate surface area is 122 Å². The number of nitrogens with zero attached hydrogens (tertiary/aromatic N) is 4. The molecule has 0 amide bonds. The van der Waals surface area contributed by atoms with Crippen molar-refractivity contribution in [3.05, 3.63) is 61.5 Å². The zero-order valence-corrected chi connectivity index (χ0v) is 11.1. The Balaban J connectivity index is 2.15. The highest BCUT2D eigenvalue weighted by Gasteiger charge is 2.21. The molecule has 2 rings (SSSR count). The fourth-order valence-electron chi connectivity index (χ4n) is 1.57. The van der Waals surface area contributed by atoms with Crippen molar-refractivity contribution in [1.82, 2.24) is 9.97 Å². The second kappa shape index (κ2) is 6.09. The second-order valence-electron chi connectivity index (χ2n) is 3.90. The van der Waals surface area contributed by atoms with E-state index in [-0.39, 0.29) is 23.2 Å². The normalized spacial score (nSPS) is 10.1. The van der Waals surface area contributed by atoms with Crippen LogP contribution in [-0.4, -0.2) is 19.8 Å². The van der Waals surface area contributed by atoms with Gasteiger partial charge in [0.05, 0.1) is 9.85 Å². The van der Waals surface area contributed by atoms with Crippen LogP contribution in [0.15, 0.2) is 30.6 Å². The molecule has 1 N–H and O–H groups in total. The number of aromatic nitrogens is 2. The molecule has 0 aliphatic heterocycles. The first-order valence-electron chi connectivity index (χ1n) is 5.61. The molecule has 1 heterocycles. The maximum atomic E-state index is 10.9. The number of nitro groups is 2. The lowest BCUT2D eigenvalue weighted by Gasteiger charge is -2.06. The summed E-state index contributed by atoms with van der Waals surface area (Å²) in [6.07, 6.45) is 1.10. The van der Waals surface area contributed by atoms with Gasteiger partial charge >= 0.3 is 5.69 Å². The van der Waals surface area contributed by atoms with Crippen LogP contribution in [-0.2, 0) is 6.54 Å². The molecule has 0 spiro atoms. The molecule has 0 bridgehead atoms. The summed E-state index contributed by atoms with van der Waals surface area (Å²) < 4.78 is 0. The van der Waals surface area contributed by atoms with Crippen LogP contribution in [0.25, 0.3) is 0 Å². The van der Waals surface area contributed by atoms with Crippen LogP contribution in [0.1, 0.15) is 5.56 Å². The predicted molar refractivity (Wildman–Crippen MR) is 74.1 cm³/mol. The number of rotatable bonds is 5. The molecule has 21 heavy (non-hydrogen) atoms. The van der Waals surface area contributed by atoms with E-state index in [1.54, 1.807) is 12.1 Å². The van der Waals surface area contributed by atoms with E-state index in [2.05, 4.69) is 15.3 Å².